The highest BCUT2D eigenvalue weighted by Crippen LogP contribution is 2.35. The Kier molecular flexibility index (Phi) is 7.77. The molecular weight excluding hydrogens is 426 g/mol. The van der Waals surface area contributed by atoms with Gasteiger partial charge in [-0.2, -0.15) is 0 Å². The van der Waals surface area contributed by atoms with Crippen LogP contribution in [-0.4, -0.2) is 40.9 Å². The Morgan fingerprint density at radius 2 is 1.64 bits per heavy atom. The Bertz CT molecular complexity index is 1170. The fourth-order valence-electron chi connectivity index (χ4n) is 3.37. The van der Waals surface area contributed by atoms with Gasteiger partial charge in [-0.3, -0.25) is 10.1 Å². The van der Waals surface area contributed by atoms with Crippen LogP contribution in [0.3, 0.4) is 0 Å². The van der Waals surface area contributed by atoms with Gasteiger partial charge < -0.3 is 19.7 Å². The lowest BCUT2D eigenvalue weighted by atomic mass is 9.96. The van der Waals surface area contributed by atoms with E-state index in [0.717, 1.165) is 6.08 Å². The van der Waals surface area contributed by atoms with E-state index in [9.17, 15) is 19.5 Å². The van der Waals surface area contributed by atoms with Crippen LogP contribution in [0.1, 0.15) is 28.9 Å². The van der Waals surface area contributed by atoms with Gasteiger partial charge >= 0.3 is 12.1 Å². The van der Waals surface area contributed by atoms with Gasteiger partial charge in [0, 0.05) is 29.2 Å². The lowest BCUT2D eigenvalue weighted by molar-refractivity contribution is -0.131. The number of phenolic OH excluding ortho intramolecular Hbond substituents is 1. The number of benzene rings is 3. The third-order valence-electron chi connectivity index (χ3n) is 4.81. The highest BCUT2D eigenvalue weighted by atomic mass is 16.6. The summed E-state index contributed by atoms with van der Waals surface area (Å²) in [6, 6.07) is 18.1. The summed E-state index contributed by atoms with van der Waals surface area (Å²) in [5.41, 5.74) is 0.743. The van der Waals surface area contributed by atoms with Crippen molar-refractivity contribution in [2.75, 3.05) is 6.61 Å². The topological polar surface area (TPSA) is 122 Å². The van der Waals surface area contributed by atoms with Crippen LogP contribution in [0.4, 0.5) is 4.79 Å². The molecule has 0 heterocycles. The first-order valence-corrected chi connectivity index (χ1v) is 10.2. The van der Waals surface area contributed by atoms with Crippen LogP contribution in [-0.2, 0) is 14.3 Å². The van der Waals surface area contributed by atoms with Crippen LogP contribution in [0.5, 0.6) is 5.75 Å². The van der Waals surface area contributed by atoms with Gasteiger partial charge in [-0.25, -0.2) is 9.59 Å². The lowest BCUT2D eigenvalue weighted by Crippen LogP contribution is -2.35. The standard InChI is InChI=1S/C25H23NO7/c1-2-32-21(14-15-22(28)29)23(19-12-13-20(27)18-11-7-6-10-17(18)19)33-25(31)26-24(30)16-8-4-3-5-9-16/h3-15,21,23,27H,2H2,1H3,(H,28,29)(H,26,30,31)/b15-14+/t21-,23-/m1/s1. The van der Waals surface area contributed by atoms with Crippen LogP contribution in [0.25, 0.3) is 10.8 Å². The molecule has 0 saturated carbocycles. The van der Waals surface area contributed by atoms with Gasteiger partial charge in [-0.1, -0.05) is 48.5 Å². The van der Waals surface area contributed by atoms with E-state index in [-0.39, 0.29) is 17.9 Å². The number of alkyl carbamates (subject to hydrolysis) is 1. The van der Waals surface area contributed by atoms with E-state index in [4.69, 9.17) is 14.6 Å². The predicted molar refractivity (Wildman–Crippen MR) is 121 cm³/mol. The molecule has 8 heteroatoms. The molecule has 3 aromatic rings. The number of rotatable bonds is 8. The van der Waals surface area contributed by atoms with Crippen molar-refractivity contribution in [2.24, 2.45) is 0 Å². The van der Waals surface area contributed by atoms with Crippen molar-refractivity contribution >= 4 is 28.7 Å². The average Bonchev–Trinajstić information content (AvgIpc) is 2.81. The average molecular weight is 449 g/mol. The third kappa shape index (κ3) is 5.96. The molecule has 0 spiro atoms. The van der Waals surface area contributed by atoms with Gasteiger partial charge in [0.2, 0.25) is 0 Å². The molecule has 0 aliphatic heterocycles. The van der Waals surface area contributed by atoms with Crippen LogP contribution in [0.2, 0.25) is 0 Å². The maximum Gasteiger partial charge on any atom is 0.414 e. The van der Waals surface area contributed by atoms with E-state index in [1.54, 1.807) is 67.6 Å². The number of aliphatic carboxylic acids is 1. The molecular formula is C25H23NO7. The van der Waals surface area contributed by atoms with Gasteiger partial charge in [-0.05, 0) is 36.6 Å². The number of aromatic hydroxyl groups is 1. The molecule has 0 aliphatic carbocycles. The minimum Gasteiger partial charge on any atom is -0.507 e. The zero-order valence-electron chi connectivity index (χ0n) is 17.8. The van der Waals surface area contributed by atoms with E-state index in [0.29, 0.717) is 16.3 Å². The summed E-state index contributed by atoms with van der Waals surface area (Å²) in [7, 11) is 0. The van der Waals surface area contributed by atoms with Crippen molar-refractivity contribution in [3.05, 3.63) is 90.0 Å². The molecule has 2 amide bonds. The summed E-state index contributed by atoms with van der Waals surface area (Å²) in [6.45, 7) is 1.92. The fourth-order valence-corrected chi connectivity index (χ4v) is 3.37. The van der Waals surface area contributed by atoms with E-state index < -0.39 is 30.2 Å². The normalized spacial score (nSPS) is 12.9. The second-order valence-corrected chi connectivity index (χ2v) is 6.98. The molecule has 0 aliphatic rings. The second-order valence-electron chi connectivity index (χ2n) is 6.98. The molecule has 3 N–H and O–H groups in total. The summed E-state index contributed by atoms with van der Waals surface area (Å²) in [5.74, 6) is -1.81. The Morgan fingerprint density at radius 3 is 2.30 bits per heavy atom. The number of fused-ring (bicyclic) bond motifs is 1. The van der Waals surface area contributed by atoms with Crippen LogP contribution >= 0.6 is 0 Å². The van der Waals surface area contributed by atoms with Crippen molar-refractivity contribution in [3.8, 4) is 5.75 Å². The Morgan fingerprint density at radius 1 is 0.970 bits per heavy atom. The molecule has 33 heavy (non-hydrogen) atoms. The van der Waals surface area contributed by atoms with Gasteiger partial charge in [0.1, 0.15) is 11.9 Å². The molecule has 0 saturated heterocycles. The predicted octanol–water partition coefficient (Wildman–Crippen LogP) is 4.20. The highest BCUT2D eigenvalue weighted by molar-refractivity contribution is 6.03. The van der Waals surface area contributed by atoms with Crippen molar-refractivity contribution in [2.45, 2.75) is 19.1 Å². The Balaban J connectivity index is 1.98. The number of amides is 2. The Hall–Kier alpha value is -4.17. The van der Waals surface area contributed by atoms with E-state index in [2.05, 4.69) is 5.32 Å². The second kappa shape index (κ2) is 10.9. The summed E-state index contributed by atoms with van der Waals surface area (Å²) >= 11 is 0. The number of imide groups is 1. The van der Waals surface area contributed by atoms with Crippen LogP contribution in [0.15, 0.2) is 78.9 Å². The lowest BCUT2D eigenvalue weighted by Gasteiger charge is -2.26. The number of carbonyl (C=O) groups excluding carboxylic acids is 2. The maximum atomic E-state index is 12.7. The van der Waals surface area contributed by atoms with Gasteiger partial charge in [0.15, 0.2) is 6.10 Å². The first kappa shape index (κ1) is 23.5. The molecule has 0 bridgehead atoms. The van der Waals surface area contributed by atoms with Crippen molar-refractivity contribution < 1.29 is 34.1 Å². The van der Waals surface area contributed by atoms with Gasteiger partial charge in [0.25, 0.3) is 5.91 Å². The molecule has 8 nitrogen and oxygen atoms in total. The third-order valence-corrected chi connectivity index (χ3v) is 4.81. The quantitative estimate of drug-likeness (QED) is 0.441. The zero-order valence-corrected chi connectivity index (χ0v) is 17.8. The molecule has 3 rings (SSSR count). The number of nitrogens with one attached hydrogen (secondary N) is 1. The smallest absolute Gasteiger partial charge is 0.414 e. The first-order valence-electron chi connectivity index (χ1n) is 10.2. The monoisotopic (exact) mass is 449 g/mol. The van der Waals surface area contributed by atoms with Crippen molar-refractivity contribution in [3.63, 3.8) is 0 Å². The van der Waals surface area contributed by atoms with Gasteiger partial charge in [-0.15, -0.1) is 0 Å². The molecule has 3 aromatic carbocycles. The largest absolute Gasteiger partial charge is 0.507 e. The van der Waals surface area contributed by atoms with Crippen LogP contribution < -0.4 is 5.32 Å². The molecule has 0 aromatic heterocycles. The summed E-state index contributed by atoms with van der Waals surface area (Å²) < 4.78 is 11.3. The summed E-state index contributed by atoms with van der Waals surface area (Å²) in [5, 5.41) is 22.6. The summed E-state index contributed by atoms with van der Waals surface area (Å²) in [4.78, 5) is 36.1. The van der Waals surface area contributed by atoms with E-state index in [1.807, 2.05) is 0 Å². The van der Waals surface area contributed by atoms with Gasteiger partial charge in [0.05, 0.1) is 0 Å². The molecule has 0 unspecified atom stereocenters. The van der Waals surface area contributed by atoms with Crippen molar-refractivity contribution in [1.82, 2.24) is 5.32 Å². The highest BCUT2D eigenvalue weighted by Gasteiger charge is 2.29. The fraction of sp³-hybridized carbons (Fsp3) is 0.160. The Labute approximate surface area is 190 Å². The molecule has 0 fully saturated rings. The number of hydrogen-bond acceptors (Lipinski definition) is 6. The van der Waals surface area contributed by atoms with E-state index in [1.165, 1.54) is 12.1 Å². The van der Waals surface area contributed by atoms with Crippen LogP contribution in [0, 0.1) is 0 Å². The minimum atomic E-state index is -1.20. The van der Waals surface area contributed by atoms with Crippen molar-refractivity contribution in [1.29, 1.82) is 0 Å². The molecule has 2 atom stereocenters. The number of carboxylic acid groups (broad SMARTS) is 1. The molecule has 170 valence electrons. The van der Waals surface area contributed by atoms with E-state index >= 15 is 0 Å². The maximum absolute atomic E-state index is 12.7. The number of carbonyl (C=O) groups is 3. The molecule has 0 radical (unpaired) electrons. The minimum absolute atomic E-state index is 0.0332. The first-order chi connectivity index (χ1) is 15.9. The SMILES string of the molecule is CCO[C@H](/C=C/C(=O)O)[C@H](OC(=O)NC(=O)c1ccccc1)c1ccc(O)c2ccccc12. The number of phenols is 1. The number of hydrogen-bond donors (Lipinski definition) is 3. The zero-order chi connectivity index (χ0) is 23.8. The number of carboxylic acids is 1. The summed E-state index contributed by atoms with van der Waals surface area (Å²) in [6.07, 6.45) is -0.956. The number of ether oxygens (including phenoxy) is 2.